The molecular weight excluding hydrogens is 277 g/mol. The van der Waals surface area contributed by atoms with Crippen molar-refractivity contribution in [3.63, 3.8) is 0 Å². The molecule has 0 aromatic heterocycles. The number of ether oxygens (including phenoxy) is 1. The van der Waals surface area contributed by atoms with E-state index in [0.29, 0.717) is 5.75 Å². The van der Waals surface area contributed by atoms with E-state index in [9.17, 15) is 14.0 Å². The fourth-order valence-corrected chi connectivity index (χ4v) is 1.51. The van der Waals surface area contributed by atoms with Crippen LogP contribution in [-0.2, 0) is 9.59 Å². The van der Waals surface area contributed by atoms with Crippen molar-refractivity contribution in [2.45, 2.75) is 19.9 Å². The second-order valence-corrected chi connectivity index (χ2v) is 4.88. The Kier molecular flexibility index (Phi) is 6.10. The van der Waals surface area contributed by atoms with Crippen molar-refractivity contribution in [2.24, 2.45) is 11.7 Å². The summed E-state index contributed by atoms with van der Waals surface area (Å²) in [7, 11) is 1.44. The Hall–Kier alpha value is -2.15. The molecule has 0 aliphatic carbocycles. The van der Waals surface area contributed by atoms with E-state index in [2.05, 4.69) is 10.6 Å². The molecule has 0 heterocycles. The van der Waals surface area contributed by atoms with E-state index in [4.69, 9.17) is 10.5 Å². The Morgan fingerprint density at radius 2 is 2.05 bits per heavy atom. The first kappa shape index (κ1) is 16.9. The Morgan fingerprint density at radius 1 is 1.38 bits per heavy atom. The normalized spacial score (nSPS) is 11.9. The average Bonchev–Trinajstić information content (AvgIpc) is 2.46. The number of hydrogen-bond acceptors (Lipinski definition) is 4. The highest BCUT2D eigenvalue weighted by Gasteiger charge is 2.18. The van der Waals surface area contributed by atoms with Gasteiger partial charge < -0.3 is 21.1 Å². The highest BCUT2D eigenvalue weighted by atomic mass is 19.1. The summed E-state index contributed by atoms with van der Waals surface area (Å²) in [6.07, 6.45) is 0. The number of carbonyl (C=O) groups excluding carboxylic acids is 2. The maximum absolute atomic E-state index is 13.5. The molecule has 0 saturated carbocycles. The predicted octanol–water partition coefficient (Wildman–Crippen LogP) is 0.872. The molecule has 0 aliphatic rings. The summed E-state index contributed by atoms with van der Waals surface area (Å²) >= 11 is 0. The second kappa shape index (κ2) is 7.58. The molecule has 1 aromatic carbocycles. The van der Waals surface area contributed by atoms with Crippen molar-refractivity contribution in [1.29, 1.82) is 0 Å². The van der Waals surface area contributed by atoms with Crippen LogP contribution in [0.5, 0.6) is 5.75 Å². The zero-order valence-electron chi connectivity index (χ0n) is 12.3. The van der Waals surface area contributed by atoms with Crippen LogP contribution in [0.25, 0.3) is 0 Å². The summed E-state index contributed by atoms with van der Waals surface area (Å²) in [5.41, 5.74) is 5.63. The highest BCUT2D eigenvalue weighted by Crippen LogP contribution is 2.20. The molecule has 0 spiro atoms. The van der Waals surface area contributed by atoms with E-state index in [0.717, 1.165) is 0 Å². The van der Waals surface area contributed by atoms with Gasteiger partial charge in [-0.1, -0.05) is 13.8 Å². The quantitative estimate of drug-likeness (QED) is 0.726. The van der Waals surface area contributed by atoms with Crippen LogP contribution < -0.4 is 21.1 Å². The van der Waals surface area contributed by atoms with Gasteiger partial charge in [0.2, 0.25) is 11.8 Å². The van der Waals surface area contributed by atoms with Crippen LogP contribution in [0.15, 0.2) is 18.2 Å². The molecular formula is C14H20FN3O3. The van der Waals surface area contributed by atoms with Gasteiger partial charge in [-0.25, -0.2) is 4.39 Å². The molecule has 0 unspecified atom stereocenters. The van der Waals surface area contributed by atoms with Crippen LogP contribution in [0.1, 0.15) is 13.8 Å². The Balaban J connectivity index is 2.56. The van der Waals surface area contributed by atoms with Crippen molar-refractivity contribution in [3.05, 3.63) is 24.0 Å². The summed E-state index contributed by atoms with van der Waals surface area (Å²) in [5.74, 6) is -1.19. The van der Waals surface area contributed by atoms with Gasteiger partial charge in [0.15, 0.2) is 0 Å². The lowest BCUT2D eigenvalue weighted by atomic mass is 10.1. The number of rotatable bonds is 6. The predicted molar refractivity (Wildman–Crippen MR) is 77.4 cm³/mol. The zero-order chi connectivity index (χ0) is 16.0. The fraction of sp³-hybridized carbons (Fsp3) is 0.429. The van der Waals surface area contributed by atoms with Gasteiger partial charge in [0, 0.05) is 6.07 Å². The largest absolute Gasteiger partial charge is 0.497 e. The van der Waals surface area contributed by atoms with E-state index < -0.39 is 23.7 Å². The third-order valence-electron chi connectivity index (χ3n) is 2.89. The number of amides is 2. The van der Waals surface area contributed by atoms with Gasteiger partial charge in [0.25, 0.3) is 0 Å². The van der Waals surface area contributed by atoms with E-state index >= 15 is 0 Å². The SMILES string of the molecule is COc1ccc(F)c(NC(=O)CNC(=O)[C@@H](N)C(C)C)c1. The van der Waals surface area contributed by atoms with Crippen molar-refractivity contribution in [3.8, 4) is 5.75 Å². The minimum atomic E-state index is -0.689. The average molecular weight is 297 g/mol. The van der Waals surface area contributed by atoms with Crippen LogP contribution >= 0.6 is 0 Å². The lowest BCUT2D eigenvalue weighted by molar-refractivity contribution is -0.125. The Labute approximate surface area is 122 Å². The molecule has 1 atom stereocenters. The van der Waals surface area contributed by atoms with E-state index in [1.165, 1.54) is 25.3 Å². The number of benzene rings is 1. The molecule has 6 nitrogen and oxygen atoms in total. The smallest absolute Gasteiger partial charge is 0.243 e. The molecule has 0 fully saturated rings. The van der Waals surface area contributed by atoms with Gasteiger partial charge in [0.05, 0.1) is 25.4 Å². The second-order valence-electron chi connectivity index (χ2n) is 4.88. The van der Waals surface area contributed by atoms with Gasteiger partial charge in [-0.05, 0) is 18.1 Å². The number of anilines is 1. The molecule has 116 valence electrons. The molecule has 0 bridgehead atoms. The minimum Gasteiger partial charge on any atom is -0.497 e. The lowest BCUT2D eigenvalue weighted by Crippen LogP contribution is -2.46. The van der Waals surface area contributed by atoms with Gasteiger partial charge in [0.1, 0.15) is 11.6 Å². The maximum atomic E-state index is 13.5. The number of carbonyl (C=O) groups is 2. The summed E-state index contributed by atoms with van der Waals surface area (Å²) in [5, 5.41) is 4.76. The van der Waals surface area contributed by atoms with Crippen molar-refractivity contribution in [1.82, 2.24) is 5.32 Å². The molecule has 0 radical (unpaired) electrons. The topological polar surface area (TPSA) is 93.5 Å². The zero-order valence-corrected chi connectivity index (χ0v) is 12.3. The van der Waals surface area contributed by atoms with Crippen molar-refractivity contribution < 1.29 is 18.7 Å². The summed E-state index contributed by atoms with van der Waals surface area (Å²) < 4.78 is 18.5. The molecule has 2 amide bonds. The standard InChI is InChI=1S/C14H20FN3O3/c1-8(2)13(16)14(20)17-7-12(19)18-11-6-9(21-3)4-5-10(11)15/h4-6,8,13H,7,16H2,1-3H3,(H,17,20)(H,18,19)/t13-/m0/s1. The van der Waals surface area contributed by atoms with Gasteiger partial charge in [-0.3, -0.25) is 9.59 Å². The molecule has 1 rings (SSSR count). The number of nitrogens with two attached hydrogens (primary N) is 1. The van der Waals surface area contributed by atoms with Crippen LogP contribution in [0, 0.1) is 11.7 Å². The lowest BCUT2D eigenvalue weighted by Gasteiger charge is -2.15. The van der Waals surface area contributed by atoms with Crippen molar-refractivity contribution >= 4 is 17.5 Å². The van der Waals surface area contributed by atoms with E-state index in [-0.39, 0.29) is 18.2 Å². The first-order valence-electron chi connectivity index (χ1n) is 6.51. The van der Waals surface area contributed by atoms with Crippen LogP contribution in [0.3, 0.4) is 0 Å². The van der Waals surface area contributed by atoms with Crippen LogP contribution in [-0.4, -0.2) is 31.5 Å². The highest BCUT2D eigenvalue weighted by molar-refractivity contribution is 5.95. The first-order valence-corrected chi connectivity index (χ1v) is 6.51. The van der Waals surface area contributed by atoms with Gasteiger partial charge >= 0.3 is 0 Å². The molecule has 4 N–H and O–H groups in total. The Bertz CT molecular complexity index is 520. The molecule has 0 aliphatic heterocycles. The summed E-state index contributed by atoms with van der Waals surface area (Å²) in [6.45, 7) is 3.32. The number of nitrogens with one attached hydrogen (secondary N) is 2. The summed E-state index contributed by atoms with van der Waals surface area (Å²) in [4.78, 5) is 23.3. The minimum absolute atomic E-state index is 0.0123. The first-order chi connectivity index (χ1) is 9.85. The van der Waals surface area contributed by atoms with E-state index in [1.807, 2.05) is 0 Å². The maximum Gasteiger partial charge on any atom is 0.243 e. The van der Waals surface area contributed by atoms with E-state index in [1.54, 1.807) is 13.8 Å². The number of hydrogen-bond donors (Lipinski definition) is 3. The molecule has 7 heteroatoms. The molecule has 1 aromatic rings. The Morgan fingerprint density at radius 3 is 2.62 bits per heavy atom. The van der Waals surface area contributed by atoms with Crippen LogP contribution in [0.4, 0.5) is 10.1 Å². The van der Waals surface area contributed by atoms with Crippen LogP contribution in [0.2, 0.25) is 0 Å². The third kappa shape index (κ3) is 5.03. The number of halogens is 1. The van der Waals surface area contributed by atoms with Crippen molar-refractivity contribution in [2.75, 3.05) is 19.0 Å². The monoisotopic (exact) mass is 297 g/mol. The fourth-order valence-electron chi connectivity index (χ4n) is 1.51. The number of methoxy groups -OCH3 is 1. The van der Waals surface area contributed by atoms with Gasteiger partial charge in [-0.15, -0.1) is 0 Å². The molecule has 21 heavy (non-hydrogen) atoms. The third-order valence-corrected chi connectivity index (χ3v) is 2.89. The summed E-state index contributed by atoms with van der Waals surface area (Å²) in [6, 6.07) is 3.29. The van der Waals surface area contributed by atoms with Gasteiger partial charge in [-0.2, -0.15) is 0 Å². The molecule has 0 saturated heterocycles.